The molecular formula is C22H40O6S15. The molecule has 0 aromatic heterocycles. The first kappa shape index (κ1) is 47.0. The van der Waals surface area contributed by atoms with Crippen LogP contribution in [0.2, 0.25) is 0 Å². The summed E-state index contributed by atoms with van der Waals surface area (Å²) in [6.07, 6.45) is 0. The van der Waals surface area contributed by atoms with E-state index in [0.717, 1.165) is 64.4 Å². The third-order valence-electron chi connectivity index (χ3n) is 3.80. The number of carbonyl (C=O) groups is 3. The zero-order chi connectivity index (χ0) is 31.6. The Kier molecular flexibility index (Phi) is 42.4. The molecule has 0 spiro atoms. The van der Waals surface area contributed by atoms with Crippen LogP contribution in [0.1, 0.15) is 0 Å². The van der Waals surface area contributed by atoms with E-state index in [1.807, 2.05) is 0 Å². The summed E-state index contributed by atoms with van der Waals surface area (Å²) >= 11 is 22.4. The van der Waals surface area contributed by atoms with E-state index in [4.69, 9.17) is 10.2 Å². The van der Waals surface area contributed by atoms with Crippen LogP contribution in [-0.2, 0) is 25.2 Å². The lowest BCUT2D eigenvalue weighted by atomic mass is 10.9. The van der Waals surface area contributed by atoms with Gasteiger partial charge in [-0.2, -0.15) is 11.8 Å². The molecule has 21 heteroatoms. The molecular weight excluding hydrogens is 841 g/mol. The van der Waals surface area contributed by atoms with E-state index in [1.54, 1.807) is 106 Å². The fraction of sp³-hybridized carbons (Fsp3) is 0.864. The third-order valence-corrected chi connectivity index (χ3v) is 22.1. The molecule has 0 heterocycles. The highest BCUT2D eigenvalue weighted by atomic mass is 32.3. The molecule has 254 valence electrons. The molecule has 0 saturated heterocycles. The zero-order valence-electron chi connectivity index (χ0n) is 23.6. The van der Waals surface area contributed by atoms with Crippen LogP contribution in [0.5, 0.6) is 0 Å². The first-order valence-corrected chi connectivity index (χ1v) is 29.5. The van der Waals surface area contributed by atoms with Crippen LogP contribution in [0.3, 0.4) is 0 Å². The molecule has 0 rings (SSSR count). The molecule has 1 atom stereocenters. The molecule has 0 radical (unpaired) electrons. The van der Waals surface area contributed by atoms with Crippen molar-refractivity contribution in [2.24, 2.45) is 0 Å². The van der Waals surface area contributed by atoms with Crippen LogP contribution in [0.4, 0.5) is 0 Å². The number of carbonyl (C=O) groups excluding carboxylic acids is 3. The van der Waals surface area contributed by atoms with E-state index in [0.29, 0.717) is 28.1 Å². The van der Waals surface area contributed by atoms with Gasteiger partial charge in [-0.3, -0.25) is 18.6 Å². The quantitative estimate of drug-likeness (QED) is 0.0515. The van der Waals surface area contributed by atoms with Crippen LogP contribution in [0.25, 0.3) is 0 Å². The van der Waals surface area contributed by atoms with E-state index in [1.165, 1.54) is 58.8 Å². The van der Waals surface area contributed by atoms with Crippen molar-refractivity contribution < 1.29 is 28.8 Å². The fourth-order valence-corrected chi connectivity index (χ4v) is 18.6. The Morgan fingerprint density at radius 1 is 0.442 bits per heavy atom. The molecule has 0 saturated carbocycles. The summed E-state index contributed by atoms with van der Waals surface area (Å²) in [5, 5.41) is 24.8. The summed E-state index contributed by atoms with van der Waals surface area (Å²) < 4.78 is 12.2. The molecule has 43 heavy (non-hydrogen) atoms. The third kappa shape index (κ3) is 38.6. The highest BCUT2D eigenvalue weighted by Crippen LogP contribution is 2.25. The minimum atomic E-state index is -0.801. The van der Waals surface area contributed by atoms with Crippen LogP contribution >= 0.6 is 165 Å². The predicted octanol–water partition coefficient (Wildman–Crippen LogP) is 7.14. The lowest BCUT2D eigenvalue weighted by Gasteiger charge is -2.04. The number of hydrogen-bond acceptors (Lipinski definition) is 20. The van der Waals surface area contributed by atoms with Gasteiger partial charge in [-0.05, 0) is 0 Å². The predicted molar refractivity (Wildman–Crippen MR) is 226 cm³/mol. The SMILES string of the molecule is O=C(CSCSCSCCS(=O)CSCSCSCSC(=O)CSCSCSCC(=O)SCCSCO)SCCSCO. The Morgan fingerprint density at radius 3 is 1.37 bits per heavy atom. The number of aliphatic hydroxyl groups excluding tert-OH is 2. The molecule has 0 bridgehead atoms. The second-order valence-electron chi connectivity index (χ2n) is 7.09. The van der Waals surface area contributed by atoms with E-state index in [-0.39, 0.29) is 27.2 Å². The molecule has 6 nitrogen and oxygen atoms in total. The fourth-order valence-electron chi connectivity index (χ4n) is 2.05. The van der Waals surface area contributed by atoms with Crippen molar-refractivity contribution in [1.82, 2.24) is 0 Å². The van der Waals surface area contributed by atoms with E-state index >= 15 is 0 Å². The lowest BCUT2D eigenvalue weighted by molar-refractivity contribution is -0.109. The largest absolute Gasteiger partial charge is 0.386 e. The molecule has 0 aromatic rings. The highest BCUT2D eigenvalue weighted by molar-refractivity contribution is 8.30. The normalized spacial score (nSPS) is 12.0. The molecule has 2 N–H and O–H groups in total. The van der Waals surface area contributed by atoms with E-state index in [2.05, 4.69) is 0 Å². The van der Waals surface area contributed by atoms with Gasteiger partial charge in [0.2, 0.25) is 0 Å². The summed E-state index contributed by atoms with van der Waals surface area (Å²) in [6.45, 7) is 0. The Hall–Kier alpha value is 3.98. The summed E-state index contributed by atoms with van der Waals surface area (Å²) in [5.41, 5.74) is 0. The summed E-state index contributed by atoms with van der Waals surface area (Å²) in [5.74, 6) is 6.44. The van der Waals surface area contributed by atoms with Gasteiger partial charge in [-0.1, -0.05) is 35.3 Å². The Morgan fingerprint density at radius 2 is 0.860 bits per heavy atom. The first-order chi connectivity index (χ1) is 21.0. The first-order valence-electron chi connectivity index (χ1n) is 12.4. The maximum absolute atomic E-state index is 12.2. The average Bonchev–Trinajstić information content (AvgIpc) is 2.99. The van der Waals surface area contributed by atoms with Gasteiger partial charge in [0.15, 0.2) is 15.3 Å². The number of hydrogen-bond donors (Lipinski definition) is 2. The maximum atomic E-state index is 12.2. The van der Waals surface area contributed by atoms with Crippen molar-refractivity contribution in [3.63, 3.8) is 0 Å². The summed E-state index contributed by atoms with van der Waals surface area (Å²) in [6, 6.07) is 0. The van der Waals surface area contributed by atoms with Crippen molar-refractivity contribution >= 4 is 191 Å². The van der Waals surface area contributed by atoms with Gasteiger partial charge in [0.1, 0.15) is 0 Å². The highest BCUT2D eigenvalue weighted by Gasteiger charge is 2.06. The molecule has 0 aliphatic rings. The lowest BCUT2D eigenvalue weighted by Crippen LogP contribution is -2.03. The second kappa shape index (κ2) is 38.8. The van der Waals surface area contributed by atoms with Gasteiger partial charge in [0, 0.05) is 80.9 Å². The summed E-state index contributed by atoms with van der Waals surface area (Å²) in [7, 11) is -0.801. The van der Waals surface area contributed by atoms with Crippen LogP contribution in [0.15, 0.2) is 0 Å². The second-order valence-corrected chi connectivity index (χ2v) is 26.1. The van der Waals surface area contributed by atoms with Gasteiger partial charge in [-0.25, -0.2) is 0 Å². The van der Waals surface area contributed by atoms with Crippen molar-refractivity contribution in [1.29, 1.82) is 0 Å². The summed E-state index contributed by atoms with van der Waals surface area (Å²) in [4.78, 5) is 35.4. The van der Waals surface area contributed by atoms with Gasteiger partial charge in [0.25, 0.3) is 0 Å². The molecule has 0 amide bonds. The smallest absolute Gasteiger partial charge is 0.199 e. The topological polar surface area (TPSA) is 109 Å². The van der Waals surface area contributed by atoms with Gasteiger partial charge in [0.05, 0.1) is 34.2 Å². The van der Waals surface area contributed by atoms with E-state index in [9.17, 15) is 18.6 Å². The van der Waals surface area contributed by atoms with Crippen molar-refractivity contribution in [3.8, 4) is 0 Å². The Labute approximate surface area is 320 Å². The standard InChI is InChI=1S/C22H40O6S15/c23-10-29-1-3-40-20(25)7-32-13-35-12-31-5-6-43(28)19-39-17-37-16-38-18-42-22(27)9-34-15-36-14-33-8-21(26)41-4-2-30-11-24/h23-24H,1-19H2. The Balaban J connectivity index is 3.35. The van der Waals surface area contributed by atoms with Crippen molar-refractivity contribution in [2.75, 3.05) is 104 Å². The number of thioether (sulfide) groups is 14. The molecule has 0 fully saturated rings. The van der Waals surface area contributed by atoms with Crippen molar-refractivity contribution in [3.05, 3.63) is 0 Å². The Bertz CT molecular complexity index is 710. The average molecular weight is 882 g/mol. The molecule has 0 aliphatic carbocycles. The van der Waals surface area contributed by atoms with Crippen LogP contribution < -0.4 is 0 Å². The monoisotopic (exact) mass is 880 g/mol. The number of rotatable bonds is 33. The van der Waals surface area contributed by atoms with Gasteiger partial charge >= 0.3 is 0 Å². The minimum Gasteiger partial charge on any atom is -0.386 e. The van der Waals surface area contributed by atoms with Crippen LogP contribution in [0, 0.1) is 0 Å². The maximum Gasteiger partial charge on any atom is 0.199 e. The van der Waals surface area contributed by atoms with Crippen LogP contribution in [-0.4, -0.2) is 134 Å². The molecule has 1 unspecified atom stereocenters. The van der Waals surface area contributed by atoms with Gasteiger partial charge in [-0.15, -0.1) is 118 Å². The number of aliphatic hydroxyl groups is 2. The van der Waals surface area contributed by atoms with E-state index < -0.39 is 10.8 Å². The zero-order valence-corrected chi connectivity index (χ0v) is 35.8. The van der Waals surface area contributed by atoms with Crippen molar-refractivity contribution in [2.45, 2.75) is 0 Å². The minimum absolute atomic E-state index is 0.102. The molecule has 0 aliphatic heterocycles. The van der Waals surface area contributed by atoms with Gasteiger partial charge < -0.3 is 10.2 Å². The molecule has 0 aromatic carbocycles.